The van der Waals surface area contributed by atoms with Crippen LogP contribution in [-0.2, 0) is 6.18 Å². The van der Waals surface area contributed by atoms with Gasteiger partial charge >= 0.3 is 6.18 Å². The van der Waals surface area contributed by atoms with E-state index in [1.807, 2.05) is 0 Å². The van der Waals surface area contributed by atoms with Crippen molar-refractivity contribution in [2.75, 3.05) is 5.32 Å². The van der Waals surface area contributed by atoms with E-state index in [0.717, 1.165) is 6.20 Å². The monoisotopic (exact) mass is 433 g/mol. The molecule has 4 nitrogen and oxygen atoms in total. The third-order valence-electron chi connectivity index (χ3n) is 3.53. The summed E-state index contributed by atoms with van der Waals surface area (Å²) >= 11 is 17.5. The van der Waals surface area contributed by atoms with Gasteiger partial charge in [0.2, 0.25) is 0 Å². The van der Waals surface area contributed by atoms with Gasteiger partial charge in [0.15, 0.2) is 5.69 Å². The number of amides is 1. The molecule has 0 atom stereocenters. The van der Waals surface area contributed by atoms with Crippen LogP contribution in [0.1, 0.15) is 16.1 Å². The number of hydrogen-bond donors (Lipinski definition) is 1. The average molecular weight is 435 g/mol. The second-order valence-electron chi connectivity index (χ2n) is 5.37. The Labute approximate surface area is 166 Å². The van der Waals surface area contributed by atoms with Crippen molar-refractivity contribution in [3.8, 4) is 5.69 Å². The zero-order chi connectivity index (χ0) is 19.8. The number of halogens is 6. The van der Waals surface area contributed by atoms with Crippen molar-refractivity contribution in [1.82, 2.24) is 9.78 Å². The van der Waals surface area contributed by atoms with E-state index < -0.39 is 23.3 Å². The molecular weight excluding hydrogens is 426 g/mol. The van der Waals surface area contributed by atoms with E-state index in [4.69, 9.17) is 34.8 Å². The molecule has 0 saturated heterocycles. The topological polar surface area (TPSA) is 46.9 Å². The Morgan fingerprint density at radius 3 is 2.26 bits per heavy atom. The maximum absolute atomic E-state index is 13.6. The van der Waals surface area contributed by atoms with Crippen molar-refractivity contribution in [2.45, 2.75) is 6.18 Å². The zero-order valence-electron chi connectivity index (χ0n) is 13.2. The molecule has 3 aromatic rings. The summed E-state index contributed by atoms with van der Waals surface area (Å²) in [6.07, 6.45) is -3.99. The molecule has 1 aromatic heterocycles. The fraction of sp³-hybridized carbons (Fsp3) is 0.0588. The quantitative estimate of drug-likeness (QED) is 0.541. The van der Waals surface area contributed by atoms with Crippen LogP contribution in [-0.4, -0.2) is 15.7 Å². The van der Waals surface area contributed by atoms with Gasteiger partial charge in [0.25, 0.3) is 5.91 Å². The highest BCUT2D eigenvalue weighted by molar-refractivity contribution is 6.36. The molecule has 0 aliphatic rings. The van der Waals surface area contributed by atoms with E-state index in [0.29, 0.717) is 9.70 Å². The number of carbonyl (C=O) groups is 1. The molecule has 0 aliphatic carbocycles. The second kappa shape index (κ2) is 7.42. The van der Waals surface area contributed by atoms with Crippen molar-refractivity contribution < 1.29 is 18.0 Å². The minimum absolute atomic E-state index is 0.0848. The van der Waals surface area contributed by atoms with Gasteiger partial charge in [-0.15, -0.1) is 0 Å². The summed E-state index contributed by atoms with van der Waals surface area (Å²) in [6, 6.07) is 9.80. The summed E-state index contributed by atoms with van der Waals surface area (Å²) in [5.41, 5.74) is -1.69. The number of nitrogens with zero attached hydrogens (tertiary/aromatic N) is 2. The molecule has 140 valence electrons. The molecule has 1 N–H and O–H groups in total. The van der Waals surface area contributed by atoms with Crippen LogP contribution < -0.4 is 5.32 Å². The second-order valence-corrected chi connectivity index (χ2v) is 6.65. The van der Waals surface area contributed by atoms with Crippen LogP contribution in [0.25, 0.3) is 5.69 Å². The van der Waals surface area contributed by atoms with Crippen LogP contribution in [0.4, 0.5) is 18.9 Å². The number of benzene rings is 2. The number of alkyl halides is 3. The number of aromatic nitrogens is 2. The number of carbonyl (C=O) groups excluding carboxylic acids is 1. The van der Waals surface area contributed by atoms with Gasteiger partial charge < -0.3 is 5.32 Å². The molecular formula is C17H9Cl3F3N3O. The summed E-state index contributed by atoms with van der Waals surface area (Å²) < 4.78 is 41.5. The van der Waals surface area contributed by atoms with Crippen LogP contribution in [0, 0.1) is 0 Å². The van der Waals surface area contributed by atoms with E-state index in [1.54, 1.807) is 0 Å². The lowest BCUT2D eigenvalue weighted by molar-refractivity contribution is -0.143. The van der Waals surface area contributed by atoms with Gasteiger partial charge in [-0.1, -0.05) is 34.8 Å². The van der Waals surface area contributed by atoms with Gasteiger partial charge in [0.1, 0.15) is 0 Å². The Balaban J connectivity index is 2.04. The van der Waals surface area contributed by atoms with Gasteiger partial charge in [-0.25, -0.2) is 4.68 Å². The SMILES string of the molecule is O=C(Nc1cc(Cl)ccc1Cl)c1cnn(-c2ccc(Cl)cc2)c1C(F)(F)F. The van der Waals surface area contributed by atoms with Gasteiger partial charge in [-0.3, -0.25) is 4.79 Å². The van der Waals surface area contributed by atoms with Crippen LogP contribution in [0.15, 0.2) is 48.7 Å². The van der Waals surface area contributed by atoms with Crippen LogP contribution in [0.3, 0.4) is 0 Å². The third-order valence-corrected chi connectivity index (χ3v) is 4.35. The number of rotatable bonds is 3. The molecule has 10 heteroatoms. The first-order chi connectivity index (χ1) is 12.7. The van der Waals surface area contributed by atoms with E-state index in [2.05, 4.69) is 10.4 Å². The van der Waals surface area contributed by atoms with Crippen LogP contribution in [0.2, 0.25) is 15.1 Å². The molecule has 27 heavy (non-hydrogen) atoms. The Morgan fingerprint density at radius 1 is 1.00 bits per heavy atom. The lowest BCUT2D eigenvalue weighted by atomic mass is 10.2. The number of nitrogens with one attached hydrogen (secondary N) is 1. The molecule has 0 unspecified atom stereocenters. The minimum Gasteiger partial charge on any atom is -0.320 e. The Bertz CT molecular complexity index is 1000. The van der Waals surface area contributed by atoms with Gasteiger partial charge in [-0.2, -0.15) is 18.3 Å². The normalized spacial score (nSPS) is 11.5. The minimum atomic E-state index is -4.83. The first kappa shape index (κ1) is 19.5. The molecule has 0 fully saturated rings. The van der Waals surface area contributed by atoms with Gasteiger partial charge in [0, 0.05) is 10.0 Å². The molecule has 3 rings (SSSR count). The highest BCUT2D eigenvalue weighted by Crippen LogP contribution is 2.34. The molecule has 1 heterocycles. The molecule has 0 spiro atoms. The van der Waals surface area contributed by atoms with Crippen LogP contribution >= 0.6 is 34.8 Å². The summed E-state index contributed by atoms with van der Waals surface area (Å²) in [6.45, 7) is 0. The van der Waals surface area contributed by atoms with E-state index in [1.165, 1.54) is 42.5 Å². The first-order valence-corrected chi connectivity index (χ1v) is 8.48. The molecule has 1 amide bonds. The summed E-state index contributed by atoms with van der Waals surface area (Å²) in [5.74, 6) is -1.02. The lowest BCUT2D eigenvalue weighted by Gasteiger charge is -2.13. The summed E-state index contributed by atoms with van der Waals surface area (Å²) in [7, 11) is 0. The van der Waals surface area contributed by atoms with Gasteiger partial charge in [-0.05, 0) is 42.5 Å². The van der Waals surface area contributed by atoms with Crippen molar-refractivity contribution in [2.24, 2.45) is 0 Å². The first-order valence-electron chi connectivity index (χ1n) is 7.34. The molecule has 2 aromatic carbocycles. The number of anilines is 1. The van der Waals surface area contributed by atoms with Gasteiger partial charge in [0.05, 0.1) is 28.2 Å². The van der Waals surface area contributed by atoms with Crippen molar-refractivity contribution in [3.05, 3.63) is 75.0 Å². The molecule has 0 saturated carbocycles. The average Bonchev–Trinajstić information content (AvgIpc) is 3.04. The third kappa shape index (κ3) is 4.21. The van der Waals surface area contributed by atoms with E-state index >= 15 is 0 Å². The highest BCUT2D eigenvalue weighted by Gasteiger charge is 2.40. The van der Waals surface area contributed by atoms with Crippen molar-refractivity contribution >= 4 is 46.4 Å². The summed E-state index contributed by atoms with van der Waals surface area (Å²) in [5, 5.41) is 6.79. The maximum Gasteiger partial charge on any atom is 0.434 e. The lowest BCUT2D eigenvalue weighted by Crippen LogP contribution is -2.20. The zero-order valence-corrected chi connectivity index (χ0v) is 15.5. The van der Waals surface area contributed by atoms with Crippen LogP contribution in [0.5, 0.6) is 0 Å². The summed E-state index contributed by atoms with van der Waals surface area (Å²) in [4.78, 5) is 12.5. The smallest absolute Gasteiger partial charge is 0.320 e. The Morgan fingerprint density at radius 2 is 1.63 bits per heavy atom. The fourth-order valence-electron chi connectivity index (χ4n) is 2.35. The molecule has 0 aliphatic heterocycles. The Kier molecular flexibility index (Phi) is 5.37. The van der Waals surface area contributed by atoms with E-state index in [-0.39, 0.29) is 21.4 Å². The van der Waals surface area contributed by atoms with Crippen molar-refractivity contribution in [1.29, 1.82) is 0 Å². The number of hydrogen-bond acceptors (Lipinski definition) is 2. The largest absolute Gasteiger partial charge is 0.434 e. The van der Waals surface area contributed by atoms with E-state index in [9.17, 15) is 18.0 Å². The Hall–Kier alpha value is -2.22. The highest BCUT2D eigenvalue weighted by atomic mass is 35.5. The van der Waals surface area contributed by atoms with Crippen molar-refractivity contribution in [3.63, 3.8) is 0 Å². The molecule has 0 radical (unpaired) electrons. The maximum atomic E-state index is 13.6. The molecule has 0 bridgehead atoms. The standard InChI is InChI=1S/C17H9Cl3F3N3O/c18-9-1-4-11(5-2-9)26-15(17(21,22)23)12(8-24-26)16(27)25-14-7-10(19)3-6-13(14)20/h1-8H,(H,25,27). The fourth-order valence-corrected chi connectivity index (χ4v) is 2.81. The predicted octanol–water partition coefficient (Wildman–Crippen LogP) is 6.10. The predicted molar refractivity (Wildman–Crippen MR) is 98.0 cm³/mol.